The summed E-state index contributed by atoms with van der Waals surface area (Å²) >= 11 is 0. The van der Waals surface area contributed by atoms with Gasteiger partial charge < -0.3 is 4.48 Å². The minimum atomic E-state index is -0.498. The zero-order valence-electron chi connectivity index (χ0n) is 16.2. The summed E-state index contributed by atoms with van der Waals surface area (Å²) in [6.45, 7) is 11.1. The SMILES string of the molecule is CC(C)N(C)N(C)N(C)[SiH2]N(C)BN(C)N(C)C(C)(C)C. The summed E-state index contributed by atoms with van der Waals surface area (Å²) in [7, 11) is 13.4. The maximum Gasteiger partial charge on any atom is 0.299 e. The summed E-state index contributed by atoms with van der Waals surface area (Å²) in [6, 6.07) is 0.506. The summed E-state index contributed by atoms with van der Waals surface area (Å²) in [5.41, 5.74) is 0.150. The van der Waals surface area contributed by atoms with E-state index < -0.39 is 9.84 Å². The van der Waals surface area contributed by atoms with Gasteiger partial charge in [0, 0.05) is 32.7 Å². The summed E-state index contributed by atoms with van der Waals surface area (Å²) in [5.74, 6) is 0. The summed E-state index contributed by atoms with van der Waals surface area (Å²) in [6.07, 6.45) is 0. The monoisotopic (exact) mass is 316 g/mol. The number of rotatable bonds is 8. The van der Waals surface area contributed by atoms with Crippen molar-refractivity contribution in [1.82, 2.24) is 29.2 Å². The van der Waals surface area contributed by atoms with Crippen LogP contribution in [0.3, 0.4) is 0 Å². The lowest BCUT2D eigenvalue weighted by atomic mass is 10.1. The predicted octanol–water partition coefficient (Wildman–Crippen LogP) is -0.206. The Kier molecular flexibility index (Phi) is 8.63. The molecular formula is C13H37BN6Si. The maximum atomic E-state index is 2.44. The van der Waals surface area contributed by atoms with Crippen molar-refractivity contribution >= 4 is 17.4 Å². The molecular weight excluding hydrogens is 279 g/mol. The van der Waals surface area contributed by atoms with Crippen molar-refractivity contribution in [1.29, 1.82) is 0 Å². The Morgan fingerprint density at radius 2 is 1.38 bits per heavy atom. The maximum absolute atomic E-state index is 2.44. The highest BCUT2D eigenvalue weighted by atomic mass is 28.2. The fourth-order valence-corrected chi connectivity index (χ4v) is 3.48. The van der Waals surface area contributed by atoms with E-state index in [1.807, 2.05) is 0 Å². The quantitative estimate of drug-likeness (QED) is 0.453. The van der Waals surface area contributed by atoms with Gasteiger partial charge in [-0.05, 0) is 55.8 Å². The number of hydrogen-bond acceptors (Lipinski definition) is 6. The van der Waals surface area contributed by atoms with Crippen molar-refractivity contribution in [2.24, 2.45) is 0 Å². The second-order valence-corrected chi connectivity index (χ2v) is 9.58. The Labute approximate surface area is 135 Å². The smallest absolute Gasteiger partial charge is 0.299 e. The molecule has 0 N–H and O–H groups in total. The van der Waals surface area contributed by atoms with Crippen LogP contribution in [0, 0.1) is 0 Å². The highest BCUT2D eigenvalue weighted by Gasteiger charge is 2.23. The first-order valence-corrected chi connectivity index (χ1v) is 8.95. The molecule has 0 saturated carbocycles. The van der Waals surface area contributed by atoms with E-state index >= 15 is 0 Å². The van der Waals surface area contributed by atoms with Gasteiger partial charge in [-0.3, -0.25) is 4.92 Å². The van der Waals surface area contributed by atoms with Gasteiger partial charge in [0.25, 0.3) is 7.55 Å². The van der Waals surface area contributed by atoms with Crippen LogP contribution in [-0.4, -0.2) is 100 Å². The van der Waals surface area contributed by atoms with Gasteiger partial charge in [0.1, 0.15) is 0 Å². The largest absolute Gasteiger partial charge is 0.347 e. The number of nitrogens with zero attached hydrogens (tertiary/aromatic N) is 6. The number of hydrogen-bond donors (Lipinski definition) is 0. The van der Waals surface area contributed by atoms with Gasteiger partial charge in [-0.1, -0.05) is 0 Å². The third-order valence-corrected chi connectivity index (χ3v) is 5.57. The van der Waals surface area contributed by atoms with E-state index in [2.05, 4.69) is 106 Å². The van der Waals surface area contributed by atoms with E-state index in [4.69, 9.17) is 0 Å². The molecule has 8 heteroatoms. The lowest BCUT2D eigenvalue weighted by Crippen LogP contribution is -2.58. The second kappa shape index (κ2) is 8.62. The fourth-order valence-electron chi connectivity index (χ4n) is 2.02. The van der Waals surface area contributed by atoms with Crippen molar-refractivity contribution in [3.05, 3.63) is 0 Å². The van der Waals surface area contributed by atoms with Gasteiger partial charge in [-0.15, -0.1) is 0 Å². The van der Waals surface area contributed by atoms with Gasteiger partial charge >= 0.3 is 0 Å². The van der Waals surface area contributed by atoms with Crippen molar-refractivity contribution in [2.75, 3.05) is 42.3 Å². The van der Waals surface area contributed by atoms with Crippen LogP contribution in [0.1, 0.15) is 34.6 Å². The van der Waals surface area contributed by atoms with Crippen molar-refractivity contribution in [3.8, 4) is 0 Å². The summed E-state index contributed by atoms with van der Waals surface area (Å²) in [5, 5.41) is 6.77. The lowest BCUT2D eigenvalue weighted by Gasteiger charge is -2.42. The predicted molar refractivity (Wildman–Crippen MR) is 97.2 cm³/mol. The highest BCUT2D eigenvalue weighted by Crippen LogP contribution is 2.11. The van der Waals surface area contributed by atoms with Crippen LogP contribution >= 0.6 is 0 Å². The standard InChI is InChI=1S/C13H37BN6Si/c1-12(2)15(6)19(10)20(11)21-18(9)14-17(8)16(7)13(3,4)5/h12,14H,21H2,1-11H3. The van der Waals surface area contributed by atoms with Crippen LogP contribution in [0.2, 0.25) is 0 Å². The Hall–Kier alpha value is 0.0418. The Bertz CT molecular complexity index is 299. The van der Waals surface area contributed by atoms with E-state index in [-0.39, 0.29) is 5.54 Å². The third-order valence-electron chi connectivity index (χ3n) is 4.07. The first-order valence-electron chi connectivity index (χ1n) is 7.68. The summed E-state index contributed by atoms with van der Waals surface area (Å²) in [4.78, 5) is 2.28. The van der Waals surface area contributed by atoms with Gasteiger partial charge in [0.15, 0.2) is 9.84 Å². The molecule has 0 unspecified atom stereocenters. The van der Waals surface area contributed by atoms with Gasteiger partial charge in [0.2, 0.25) is 0 Å². The molecule has 0 atom stereocenters. The van der Waals surface area contributed by atoms with E-state index in [0.717, 1.165) is 7.55 Å². The van der Waals surface area contributed by atoms with Crippen molar-refractivity contribution < 1.29 is 0 Å². The lowest BCUT2D eigenvalue weighted by molar-refractivity contribution is -0.111. The highest BCUT2D eigenvalue weighted by molar-refractivity contribution is 6.46. The fraction of sp³-hybridized carbons (Fsp3) is 1.00. The van der Waals surface area contributed by atoms with E-state index in [1.54, 1.807) is 0 Å². The topological polar surface area (TPSA) is 19.4 Å². The zero-order valence-corrected chi connectivity index (χ0v) is 17.6. The molecule has 6 nitrogen and oxygen atoms in total. The first-order chi connectivity index (χ1) is 9.37. The summed E-state index contributed by atoms with van der Waals surface area (Å²) < 4.78 is 4.79. The minimum absolute atomic E-state index is 0.150. The van der Waals surface area contributed by atoms with Crippen LogP contribution in [0.15, 0.2) is 0 Å². The molecule has 0 amide bonds. The van der Waals surface area contributed by atoms with E-state index in [9.17, 15) is 0 Å². The molecule has 0 aliphatic carbocycles. The van der Waals surface area contributed by atoms with Gasteiger partial charge in [0.05, 0.1) is 0 Å². The van der Waals surface area contributed by atoms with Crippen molar-refractivity contribution in [3.63, 3.8) is 0 Å². The molecule has 0 bridgehead atoms. The van der Waals surface area contributed by atoms with E-state index in [1.165, 1.54) is 0 Å². The molecule has 0 heterocycles. The molecule has 0 aromatic heterocycles. The Morgan fingerprint density at radius 1 is 0.905 bits per heavy atom. The Morgan fingerprint density at radius 3 is 1.76 bits per heavy atom. The normalized spacial score (nSPS) is 14.4. The molecule has 0 aromatic rings. The molecule has 126 valence electrons. The minimum Gasteiger partial charge on any atom is -0.347 e. The van der Waals surface area contributed by atoms with Crippen molar-refractivity contribution in [2.45, 2.75) is 46.2 Å². The number of hydrazine groups is 3. The second-order valence-electron chi connectivity index (χ2n) is 7.31. The average Bonchev–Trinajstić information content (AvgIpc) is 2.34. The van der Waals surface area contributed by atoms with Crippen LogP contribution < -0.4 is 0 Å². The van der Waals surface area contributed by atoms with Crippen LogP contribution in [0.5, 0.6) is 0 Å². The molecule has 0 saturated heterocycles. The molecule has 0 spiro atoms. The van der Waals surface area contributed by atoms with Gasteiger partial charge in [-0.2, -0.15) is 5.12 Å². The molecule has 0 aromatic carbocycles. The van der Waals surface area contributed by atoms with Crippen LogP contribution in [-0.2, 0) is 0 Å². The average molecular weight is 316 g/mol. The molecule has 21 heavy (non-hydrogen) atoms. The molecule has 0 rings (SSSR count). The van der Waals surface area contributed by atoms with Gasteiger partial charge in [-0.25, -0.2) is 14.7 Å². The van der Waals surface area contributed by atoms with Crippen LogP contribution in [0.25, 0.3) is 0 Å². The molecule has 0 aliphatic heterocycles. The Balaban J connectivity index is 4.40. The van der Waals surface area contributed by atoms with E-state index in [0.29, 0.717) is 6.04 Å². The van der Waals surface area contributed by atoms with Crippen LogP contribution in [0.4, 0.5) is 0 Å². The first kappa shape index (κ1) is 21.0. The molecule has 0 fully saturated rings. The molecule has 0 radical (unpaired) electrons. The third kappa shape index (κ3) is 7.23. The zero-order chi connectivity index (χ0) is 17.0. The molecule has 0 aliphatic rings.